The Hall–Kier alpha value is -3.34. The summed E-state index contributed by atoms with van der Waals surface area (Å²) in [7, 11) is 1.24. The first-order chi connectivity index (χ1) is 12.5. The van der Waals surface area contributed by atoms with Crippen molar-refractivity contribution in [3.63, 3.8) is 0 Å². The van der Waals surface area contributed by atoms with Crippen LogP contribution >= 0.6 is 0 Å². The fourth-order valence-electron chi connectivity index (χ4n) is 2.94. The maximum absolute atomic E-state index is 12.5. The Morgan fingerprint density at radius 2 is 1.62 bits per heavy atom. The number of cyclic esters (lactones) is 1. The second-order valence-corrected chi connectivity index (χ2v) is 5.94. The minimum Gasteiger partial charge on any atom is -0.504 e. The van der Waals surface area contributed by atoms with Gasteiger partial charge in [-0.15, -0.1) is 0 Å². The molecule has 0 fully saturated rings. The number of hydrogen-bond acceptors (Lipinski definition) is 5. The number of aliphatic hydroxyl groups excluding tert-OH is 1. The molecule has 1 N–H and O–H groups in total. The van der Waals surface area contributed by atoms with Gasteiger partial charge in [-0.05, 0) is 36.1 Å². The van der Waals surface area contributed by atoms with Crippen LogP contribution in [0.4, 0.5) is 0 Å². The van der Waals surface area contributed by atoms with Crippen LogP contribution in [0.3, 0.4) is 0 Å². The Morgan fingerprint density at radius 3 is 2.23 bits per heavy atom. The van der Waals surface area contributed by atoms with Gasteiger partial charge in [-0.1, -0.05) is 48.5 Å². The van der Waals surface area contributed by atoms with Gasteiger partial charge in [0.05, 0.1) is 7.11 Å². The molecule has 0 aliphatic carbocycles. The highest BCUT2D eigenvalue weighted by Crippen LogP contribution is 2.38. The van der Waals surface area contributed by atoms with Gasteiger partial charge in [0, 0.05) is 0 Å². The average molecular weight is 350 g/mol. The lowest BCUT2D eigenvalue weighted by Crippen LogP contribution is -2.10. The smallest absolute Gasteiger partial charge is 0.348 e. The summed E-state index contributed by atoms with van der Waals surface area (Å²) in [5.41, 5.74) is 2.73. The Labute approximate surface area is 151 Å². The molecule has 2 aromatic rings. The summed E-state index contributed by atoms with van der Waals surface area (Å²) >= 11 is 0. The molecule has 0 saturated carbocycles. The molecular weight excluding hydrogens is 332 g/mol. The molecule has 5 nitrogen and oxygen atoms in total. The maximum Gasteiger partial charge on any atom is 0.348 e. The van der Waals surface area contributed by atoms with E-state index in [0.717, 1.165) is 11.1 Å². The predicted molar refractivity (Wildman–Crippen MR) is 96.9 cm³/mol. The van der Waals surface area contributed by atoms with E-state index in [9.17, 15) is 14.7 Å². The number of carbonyl (C=O) groups is 2. The highest BCUT2D eigenvalue weighted by atomic mass is 16.6. The number of hydrogen-bond donors (Lipinski definition) is 1. The molecule has 26 heavy (non-hydrogen) atoms. The van der Waals surface area contributed by atoms with Crippen molar-refractivity contribution < 1.29 is 24.2 Å². The van der Waals surface area contributed by atoms with E-state index in [0.29, 0.717) is 11.1 Å². The molecular formula is C21H18O5. The summed E-state index contributed by atoms with van der Waals surface area (Å²) < 4.78 is 10.2. The molecule has 0 spiro atoms. The molecule has 1 aliphatic heterocycles. The minimum atomic E-state index is -0.707. The molecule has 0 radical (unpaired) electrons. The van der Waals surface area contributed by atoms with E-state index in [1.165, 1.54) is 7.11 Å². The Bertz CT molecular complexity index is 966. The van der Waals surface area contributed by atoms with E-state index in [2.05, 4.69) is 0 Å². The Morgan fingerprint density at radius 1 is 1.00 bits per heavy atom. The largest absolute Gasteiger partial charge is 0.504 e. The number of esters is 2. The van der Waals surface area contributed by atoms with Crippen molar-refractivity contribution in [2.24, 2.45) is 0 Å². The van der Waals surface area contributed by atoms with Crippen molar-refractivity contribution in [1.29, 1.82) is 0 Å². The topological polar surface area (TPSA) is 72.8 Å². The SMILES string of the molecule is COC(=O)/C(=C1\OC(=O)C(c2ccccc2C)=C1O)c1ccccc1C. The molecule has 0 unspecified atom stereocenters. The molecule has 0 amide bonds. The van der Waals surface area contributed by atoms with Crippen molar-refractivity contribution in [3.05, 3.63) is 82.3 Å². The van der Waals surface area contributed by atoms with Crippen molar-refractivity contribution in [3.8, 4) is 0 Å². The Balaban J connectivity index is 2.28. The zero-order valence-electron chi connectivity index (χ0n) is 14.7. The van der Waals surface area contributed by atoms with Crippen molar-refractivity contribution in [2.45, 2.75) is 13.8 Å². The van der Waals surface area contributed by atoms with Crippen LogP contribution in [0.25, 0.3) is 11.1 Å². The zero-order valence-corrected chi connectivity index (χ0v) is 14.7. The fraction of sp³-hybridized carbons (Fsp3) is 0.143. The quantitative estimate of drug-likeness (QED) is 0.675. The molecule has 0 aromatic heterocycles. The molecule has 3 rings (SSSR count). The number of benzene rings is 2. The van der Waals surface area contributed by atoms with Gasteiger partial charge in [0.2, 0.25) is 0 Å². The first-order valence-corrected chi connectivity index (χ1v) is 8.06. The molecule has 0 saturated heterocycles. The number of ether oxygens (including phenoxy) is 2. The summed E-state index contributed by atoms with van der Waals surface area (Å²) in [6.07, 6.45) is 0. The lowest BCUT2D eigenvalue weighted by atomic mass is 9.96. The molecule has 1 aliphatic rings. The van der Waals surface area contributed by atoms with E-state index < -0.39 is 11.9 Å². The van der Waals surface area contributed by atoms with Crippen LogP contribution in [0, 0.1) is 13.8 Å². The van der Waals surface area contributed by atoms with Crippen LogP contribution in [0.2, 0.25) is 0 Å². The monoisotopic (exact) mass is 350 g/mol. The lowest BCUT2D eigenvalue weighted by Gasteiger charge is -2.11. The van der Waals surface area contributed by atoms with Gasteiger partial charge >= 0.3 is 11.9 Å². The fourth-order valence-corrected chi connectivity index (χ4v) is 2.94. The Kier molecular flexibility index (Phi) is 4.63. The third-order valence-corrected chi connectivity index (χ3v) is 4.30. The number of rotatable bonds is 3. The van der Waals surface area contributed by atoms with E-state index in [4.69, 9.17) is 9.47 Å². The highest BCUT2D eigenvalue weighted by Gasteiger charge is 2.36. The van der Waals surface area contributed by atoms with E-state index >= 15 is 0 Å². The highest BCUT2D eigenvalue weighted by molar-refractivity contribution is 6.25. The van der Waals surface area contributed by atoms with Gasteiger partial charge in [-0.2, -0.15) is 0 Å². The molecule has 0 atom stereocenters. The van der Waals surface area contributed by atoms with Crippen LogP contribution < -0.4 is 0 Å². The predicted octanol–water partition coefficient (Wildman–Crippen LogP) is 3.71. The van der Waals surface area contributed by atoms with Crippen LogP contribution in [0.15, 0.2) is 60.0 Å². The molecule has 2 aromatic carbocycles. The van der Waals surface area contributed by atoms with Gasteiger partial charge in [0.15, 0.2) is 11.5 Å². The number of carbonyl (C=O) groups excluding carboxylic acids is 2. The van der Waals surface area contributed by atoms with Crippen LogP contribution in [0.1, 0.15) is 22.3 Å². The second-order valence-electron chi connectivity index (χ2n) is 5.94. The minimum absolute atomic E-state index is 0.0139. The number of methoxy groups -OCH3 is 1. The van der Waals surface area contributed by atoms with Crippen LogP contribution in [0.5, 0.6) is 0 Å². The first-order valence-electron chi connectivity index (χ1n) is 8.06. The van der Waals surface area contributed by atoms with Crippen molar-refractivity contribution >= 4 is 23.1 Å². The van der Waals surface area contributed by atoms with Gasteiger partial charge in [-0.3, -0.25) is 0 Å². The summed E-state index contributed by atoms with van der Waals surface area (Å²) in [6.45, 7) is 3.64. The van der Waals surface area contributed by atoms with Gasteiger partial charge < -0.3 is 14.6 Å². The lowest BCUT2D eigenvalue weighted by molar-refractivity contribution is -0.134. The maximum atomic E-state index is 12.5. The van der Waals surface area contributed by atoms with Gasteiger partial charge in [0.1, 0.15) is 11.1 Å². The second kappa shape index (κ2) is 6.88. The van der Waals surface area contributed by atoms with E-state index in [-0.39, 0.29) is 22.7 Å². The molecule has 132 valence electrons. The average Bonchev–Trinajstić information content (AvgIpc) is 2.91. The third-order valence-electron chi connectivity index (χ3n) is 4.30. The van der Waals surface area contributed by atoms with Gasteiger partial charge in [-0.25, -0.2) is 9.59 Å². The van der Waals surface area contributed by atoms with Crippen LogP contribution in [-0.4, -0.2) is 24.2 Å². The number of aliphatic hydroxyl groups is 1. The number of aryl methyl sites for hydroxylation is 2. The standard InChI is InChI=1S/C21H18O5/c1-12-8-4-6-10-14(12)16-18(22)19(26-21(16)24)17(20(23)25-3)15-11-7-5-9-13(15)2/h4-11,22H,1-3H3/b19-17-. The summed E-state index contributed by atoms with van der Waals surface area (Å²) in [6, 6.07) is 14.3. The van der Waals surface area contributed by atoms with Crippen molar-refractivity contribution in [1.82, 2.24) is 0 Å². The first kappa shape index (κ1) is 17.5. The zero-order chi connectivity index (χ0) is 18.8. The van der Waals surface area contributed by atoms with E-state index in [1.807, 2.05) is 38.1 Å². The van der Waals surface area contributed by atoms with Gasteiger partial charge in [0.25, 0.3) is 0 Å². The molecule has 5 heteroatoms. The summed E-state index contributed by atoms with van der Waals surface area (Å²) in [5, 5.41) is 10.7. The van der Waals surface area contributed by atoms with E-state index in [1.54, 1.807) is 24.3 Å². The normalized spacial score (nSPS) is 15.7. The molecule has 0 bridgehead atoms. The molecule has 1 heterocycles. The van der Waals surface area contributed by atoms with Crippen molar-refractivity contribution in [2.75, 3.05) is 7.11 Å². The van der Waals surface area contributed by atoms with Crippen LogP contribution in [-0.2, 0) is 19.1 Å². The summed E-state index contributed by atoms with van der Waals surface area (Å²) in [4.78, 5) is 24.9. The summed E-state index contributed by atoms with van der Waals surface area (Å²) in [5.74, 6) is -1.95. The third kappa shape index (κ3) is 2.88.